The van der Waals surface area contributed by atoms with Crippen LogP contribution in [0, 0.1) is 20.8 Å². The first-order valence-electron chi connectivity index (χ1n) is 7.93. The number of aryl methyl sites for hydroxylation is 3. The summed E-state index contributed by atoms with van der Waals surface area (Å²) >= 11 is 0. The molecule has 0 radical (unpaired) electrons. The Kier molecular flexibility index (Phi) is 4.55. The van der Waals surface area contributed by atoms with Crippen molar-refractivity contribution in [1.82, 2.24) is 15.6 Å². The van der Waals surface area contributed by atoms with Crippen LogP contribution in [0.1, 0.15) is 28.7 Å². The van der Waals surface area contributed by atoms with Gasteiger partial charge in [0.2, 0.25) is 5.89 Å². The second kappa shape index (κ2) is 6.78. The highest BCUT2D eigenvalue weighted by molar-refractivity contribution is 5.82. The number of aliphatic imine (C=N–C) groups is 1. The summed E-state index contributed by atoms with van der Waals surface area (Å²) in [7, 11) is 1.73. The quantitative estimate of drug-likeness (QED) is 0.569. The van der Waals surface area contributed by atoms with Gasteiger partial charge in [-0.3, -0.25) is 4.99 Å². The Morgan fingerprint density at radius 2 is 1.83 bits per heavy atom. The lowest BCUT2D eigenvalue weighted by Crippen LogP contribution is -2.36. The van der Waals surface area contributed by atoms with Crippen LogP contribution in [-0.4, -0.2) is 18.0 Å². The van der Waals surface area contributed by atoms with Crippen molar-refractivity contribution in [2.45, 2.75) is 33.9 Å². The Bertz CT molecular complexity index is 857. The molecule has 0 fully saturated rings. The van der Waals surface area contributed by atoms with Crippen LogP contribution >= 0.6 is 0 Å². The van der Waals surface area contributed by atoms with Gasteiger partial charge in [0.05, 0.1) is 18.8 Å². The third-order valence-corrected chi connectivity index (χ3v) is 4.06. The Morgan fingerprint density at radius 3 is 2.50 bits per heavy atom. The minimum atomic E-state index is 0.480. The molecule has 0 amide bonds. The lowest BCUT2D eigenvalue weighted by molar-refractivity contribution is 0.463. The van der Waals surface area contributed by atoms with E-state index in [0.29, 0.717) is 24.9 Å². The fourth-order valence-corrected chi connectivity index (χ4v) is 2.55. The molecular weight excluding hydrogens is 304 g/mol. The Balaban J connectivity index is 1.62. The van der Waals surface area contributed by atoms with E-state index in [2.05, 4.69) is 33.6 Å². The number of nitrogens with one attached hydrogen (secondary N) is 2. The Morgan fingerprint density at radius 1 is 1.08 bits per heavy atom. The number of rotatable bonds is 4. The molecule has 0 aliphatic carbocycles. The smallest absolute Gasteiger partial charge is 0.214 e. The lowest BCUT2D eigenvalue weighted by Gasteiger charge is -2.09. The maximum atomic E-state index is 5.90. The minimum absolute atomic E-state index is 0.480. The van der Waals surface area contributed by atoms with E-state index in [9.17, 15) is 0 Å². The summed E-state index contributed by atoms with van der Waals surface area (Å²) in [6.07, 6.45) is 0. The van der Waals surface area contributed by atoms with Crippen LogP contribution in [0.5, 0.6) is 0 Å². The van der Waals surface area contributed by atoms with E-state index >= 15 is 0 Å². The predicted molar refractivity (Wildman–Crippen MR) is 94.0 cm³/mol. The van der Waals surface area contributed by atoms with E-state index in [1.165, 1.54) is 0 Å². The molecule has 24 heavy (non-hydrogen) atoms. The van der Waals surface area contributed by atoms with Gasteiger partial charge in [0.25, 0.3) is 0 Å². The van der Waals surface area contributed by atoms with Crippen LogP contribution < -0.4 is 10.6 Å². The highest BCUT2D eigenvalue weighted by Crippen LogP contribution is 2.24. The Labute approximate surface area is 141 Å². The van der Waals surface area contributed by atoms with Gasteiger partial charge in [0.1, 0.15) is 17.1 Å². The van der Waals surface area contributed by atoms with Gasteiger partial charge in [-0.15, -0.1) is 0 Å². The van der Waals surface area contributed by atoms with Crippen molar-refractivity contribution < 1.29 is 8.83 Å². The van der Waals surface area contributed by atoms with Crippen molar-refractivity contribution in [3.05, 3.63) is 52.9 Å². The van der Waals surface area contributed by atoms with Crippen molar-refractivity contribution in [1.29, 1.82) is 0 Å². The molecule has 0 atom stereocenters. The molecule has 2 N–H and O–H groups in total. The number of oxazole rings is 1. The molecule has 3 rings (SSSR count). The SMILES string of the molecule is CN=C(NCc1nc(C)c(C)o1)NCc1oc2ccccc2c1C. The standard InChI is InChI=1S/C18H22N4O2/c1-11-14-7-5-6-8-15(14)24-16(11)9-20-18(19-4)21-10-17-22-12(2)13(3)23-17/h5-8H,9-10H2,1-4H3,(H2,19,20,21). The molecular formula is C18H22N4O2. The van der Waals surface area contributed by atoms with Crippen LogP contribution in [0.3, 0.4) is 0 Å². The van der Waals surface area contributed by atoms with E-state index in [4.69, 9.17) is 8.83 Å². The van der Waals surface area contributed by atoms with E-state index in [1.54, 1.807) is 7.05 Å². The first-order valence-corrected chi connectivity index (χ1v) is 7.93. The third-order valence-electron chi connectivity index (χ3n) is 4.06. The lowest BCUT2D eigenvalue weighted by atomic mass is 10.1. The molecule has 2 aromatic heterocycles. The summed E-state index contributed by atoms with van der Waals surface area (Å²) in [6.45, 7) is 6.94. The number of nitrogens with zero attached hydrogens (tertiary/aromatic N) is 2. The van der Waals surface area contributed by atoms with Crippen LogP contribution in [0.15, 0.2) is 38.1 Å². The van der Waals surface area contributed by atoms with Gasteiger partial charge >= 0.3 is 0 Å². The second-order valence-electron chi connectivity index (χ2n) is 5.67. The molecule has 0 spiro atoms. The first-order chi connectivity index (χ1) is 11.6. The van der Waals surface area contributed by atoms with Crippen LogP contribution in [0.2, 0.25) is 0 Å². The fraction of sp³-hybridized carbons (Fsp3) is 0.333. The largest absolute Gasteiger partial charge is 0.459 e. The zero-order chi connectivity index (χ0) is 17.1. The monoisotopic (exact) mass is 326 g/mol. The molecule has 0 bridgehead atoms. The van der Waals surface area contributed by atoms with E-state index < -0.39 is 0 Å². The summed E-state index contributed by atoms with van der Waals surface area (Å²) in [4.78, 5) is 8.56. The topological polar surface area (TPSA) is 75.6 Å². The van der Waals surface area contributed by atoms with Gasteiger partial charge in [-0.25, -0.2) is 4.98 Å². The maximum absolute atomic E-state index is 5.90. The van der Waals surface area contributed by atoms with Crippen LogP contribution in [0.25, 0.3) is 11.0 Å². The summed E-state index contributed by atoms with van der Waals surface area (Å²) in [5, 5.41) is 7.59. The van der Waals surface area contributed by atoms with E-state index in [0.717, 1.165) is 33.7 Å². The summed E-state index contributed by atoms with van der Waals surface area (Å²) in [5.41, 5.74) is 2.96. The van der Waals surface area contributed by atoms with Crippen molar-refractivity contribution >= 4 is 16.9 Å². The normalized spacial score (nSPS) is 11.9. The van der Waals surface area contributed by atoms with Gasteiger partial charge in [-0.05, 0) is 26.8 Å². The molecule has 6 nitrogen and oxygen atoms in total. The Hall–Kier alpha value is -2.76. The highest BCUT2D eigenvalue weighted by Gasteiger charge is 2.11. The number of furan rings is 1. The molecule has 3 aromatic rings. The van der Waals surface area contributed by atoms with Gasteiger partial charge in [0.15, 0.2) is 5.96 Å². The van der Waals surface area contributed by atoms with Crippen molar-refractivity contribution in [2.24, 2.45) is 4.99 Å². The molecule has 0 aliphatic heterocycles. The number of fused-ring (bicyclic) bond motifs is 1. The first kappa shape index (κ1) is 16.1. The third kappa shape index (κ3) is 3.27. The van der Waals surface area contributed by atoms with Crippen molar-refractivity contribution in [2.75, 3.05) is 7.05 Å². The summed E-state index contributed by atoms with van der Waals surface area (Å²) in [5.74, 6) is 3.06. The van der Waals surface area contributed by atoms with Gasteiger partial charge in [-0.1, -0.05) is 18.2 Å². The van der Waals surface area contributed by atoms with Gasteiger partial charge in [-0.2, -0.15) is 0 Å². The summed E-state index contributed by atoms with van der Waals surface area (Å²) < 4.78 is 11.5. The number of benzene rings is 1. The minimum Gasteiger partial charge on any atom is -0.459 e. The van der Waals surface area contributed by atoms with E-state index in [1.807, 2.05) is 32.0 Å². The van der Waals surface area contributed by atoms with Crippen LogP contribution in [-0.2, 0) is 13.1 Å². The zero-order valence-corrected chi connectivity index (χ0v) is 14.4. The van der Waals surface area contributed by atoms with Crippen molar-refractivity contribution in [3.8, 4) is 0 Å². The number of para-hydroxylation sites is 1. The number of hydrogen-bond donors (Lipinski definition) is 2. The van der Waals surface area contributed by atoms with Gasteiger partial charge < -0.3 is 19.5 Å². The fourth-order valence-electron chi connectivity index (χ4n) is 2.55. The highest BCUT2D eigenvalue weighted by atomic mass is 16.4. The predicted octanol–water partition coefficient (Wildman–Crippen LogP) is 3.21. The zero-order valence-electron chi connectivity index (χ0n) is 14.4. The van der Waals surface area contributed by atoms with E-state index in [-0.39, 0.29) is 0 Å². The molecule has 0 saturated heterocycles. The van der Waals surface area contributed by atoms with Crippen molar-refractivity contribution in [3.63, 3.8) is 0 Å². The molecule has 126 valence electrons. The second-order valence-corrected chi connectivity index (χ2v) is 5.67. The summed E-state index contributed by atoms with van der Waals surface area (Å²) in [6, 6.07) is 8.04. The van der Waals surface area contributed by atoms with Gasteiger partial charge in [0, 0.05) is 18.0 Å². The molecule has 0 saturated carbocycles. The average Bonchev–Trinajstić information content (AvgIpc) is 3.08. The maximum Gasteiger partial charge on any atom is 0.214 e. The van der Waals surface area contributed by atoms with Crippen LogP contribution in [0.4, 0.5) is 0 Å². The number of aromatic nitrogens is 1. The molecule has 0 unspecified atom stereocenters. The number of guanidine groups is 1. The average molecular weight is 326 g/mol. The number of hydrogen-bond acceptors (Lipinski definition) is 4. The molecule has 6 heteroatoms. The molecule has 2 heterocycles. The molecule has 0 aliphatic rings. The molecule has 1 aromatic carbocycles.